The maximum absolute atomic E-state index is 11.6. The van der Waals surface area contributed by atoms with Crippen LogP contribution in [0.3, 0.4) is 0 Å². The lowest BCUT2D eigenvalue weighted by atomic mass is 9.74. The maximum Gasteiger partial charge on any atom is 0.212 e. The summed E-state index contributed by atoms with van der Waals surface area (Å²) in [6.45, 7) is 2.10. The first-order valence-corrected chi connectivity index (χ1v) is 7.69. The van der Waals surface area contributed by atoms with Crippen LogP contribution >= 0.6 is 0 Å². The highest BCUT2D eigenvalue weighted by atomic mass is 32.2. The number of rotatable bonds is 1. The van der Waals surface area contributed by atoms with Gasteiger partial charge in [0.15, 0.2) is 0 Å². The van der Waals surface area contributed by atoms with E-state index >= 15 is 0 Å². The molecule has 3 nitrogen and oxygen atoms in total. The molecular formula is C11H21NO2S. The zero-order valence-corrected chi connectivity index (χ0v) is 10.3. The summed E-state index contributed by atoms with van der Waals surface area (Å²) in [5.74, 6) is 0.872. The van der Waals surface area contributed by atoms with Crippen LogP contribution in [-0.4, -0.2) is 19.7 Å². The SMILES string of the molecule is CC1(C2CCCCC2)CCCS(=O)(=O)N1. The molecule has 1 saturated carbocycles. The highest BCUT2D eigenvalue weighted by Crippen LogP contribution is 2.37. The van der Waals surface area contributed by atoms with Crippen molar-refractivity contribution in [2.75, 3.05) is 5.75 Å². The Kier molecular flexibility index (Phi) is 3.08. The lowest BCUT2D eigenvalue weighted by Gasteiger charge is -2.42. The molecule has 1 atom stereocenters. The predicted octanol–water partition coefficient (Wildman–Crippen LogP) is 2.04. The minimum Gasteiger partial charge on any atom is -0.212 e. The Balaban J connectivity index is 2.10. The topological polar surface area (TPSA) is 46.2 Å². The summed E-state index contributed by atoms with van der Waals surface area (Å²) in [6, 6.07) is 0. The molecule has 1 N–H and O–H groups in total. The fourth-order valence-corrected chi connectivity index (χ4v) is 4.72. The van der Waals surface area contributed by atoms with E-state index in [0.29, 0.717) is 11.7 Å². The molecule has 0 radical (unpaired) electrons. The second-order valence-corrected chi connectivity index (χ2v) is 7.12. The Morgan fingerprint density at radius 3 is 2.40 bits per heavy atom. The van der Waals surface area contributed by atoms with E-state index in [-0.39, 0.29) is 5.54 Å². The number of hydrogen-bond acceptors (Lipinski definition) is 2. The molecule has 0 bridgehead atoms. The van der Waals surface area contributed by atoms with E-state index < -0.39 is 10.0 Å². The smallest absolute Gasteiger partial charge is 0.212 e. The van der Waals surface area contributed by atoms with Gasteiger partial charge in [-0.3, -0.25) is 0 Å². The van der Waals surface area contributed by atoms with Crippen molar-refractivity contribution in [3.05, 3.63) is 0 Å². The first-order chi connectivity index (χ1) is 7.02. The van der Waals surface area contributed by atoms with E-state index in [4.69, 9.17) is 0 Å². The Hall–Kier alpha value is -0.0900. The molecule has 15 heavy (non-hydrogen) atoms. The summed E-state index contributed by atoms with van der Waals surface area (Å²) >= 11 is 0. The summed E-state index contributed by atoms with van der Waals surface area (Å²) in [6.07, 6.45) is 8.07. The van der Waals surface area contributed by atoms with Crippen LogP contribution in [0, 0.1) is 5.92 Å². The predicted molar refractivity (Wildman–Crippen MR) is 61.1 cm³/mol. The Bertz CT molecular complexity index is 319. The molecule has 2 aliphatic rings. The summed E-state index contributed by atoms with van der Waals surface area (Å²) in [5, 5.41) is 0. The third kappa shape index (κ3) is 2.53. The van der Waals surface area contributed by atoms with Crippen molar-refractivity contribution in [3.63, 3.8) is 0 Å². The average molecular weight is 231 g/mol. The van der Waals surface area contributed by atoms with E-state index in [0.717, 1.165) is 12.8 Å². The van der Waals surface area contributed by atoms with Gasteiger partial charge >= 0.3 is 0 Å². The van der Waals surface area contributed by atoms with Gasteiger partial charge in [-0.1, -0.05) is 19.3 Å². The monoisotopic (exact) mass is 231 g/mol. The first-order valence-electron chi connectivity index (χ1n) is 6.03. The van der Waals surface area contributed by atoms with Crippen LogP contribution in [0.25, 0.3) is 0 Å². The lowest BCUT2D eigenvalue weighted by Crippen LogP contribution is -2.55. The van der Waals surface area contributed by atoms with E-state index in [1.54, 1.807) is 0 Å². The van der Waals surface area contributed by atoms with Crippen molar-refractivity contribution < 1.29 is 8.42 Å². The van der Waals surface area contributed by atoms with Crippen molar-refractivity contribution >= 4 is 10.0 Å². The van der Waals surface area contributed by atoms with Crippen LogP contribution in [0.2, 0.25) is 0 Å². The molecule has 0 aromatic carbocycles. The molecule has 0 spiro atoms. The second kappa shape index (κ2) is 4.06. The standard InChI is InChI=1S/C11H21NO2S/c1-11(10-6-3-2-4-7-10)8-5-9-15(13,14)12-11/h10,12H,2-9H2,1H3. The molecular weight excluding hydrogens is 210 g/mol. The van der Waals surface area contributed by atoms with Gasteiger partial charge in [0.05, 0.1) is 5.75 Å². The Labute approximate surface area is 92.7 Å². The molecule has 1 aliphatic carbocycles. The normalized spacial score (nSPS) is 37.7. The van der Waals surface area contributed by atoms with Crippen molar-refractivity contribution in [2.24, 2.45) is 5.92 Å². The van der Waals surface area contributed by atoms with E-state index in [1.165, 1.54) is 32.1 Å². The summed E-state index contributed by atoms with van der Waals surface area (Å²) in [4.78, 5) is 0. The first kappa shape index (κ1) is 11.4. The zero-order valence-electron chi connectivity index (χ0n) is 9.46. The lowest BCUT2D eigenvalue weighted by molar-refractivity contribution is 0.185. The highest BCUT2D eigenvalue weighted by molar-refractivity contribution is 7.89. The zero-order chi connectivity index (χ0) is 10.9. The molecule has 1 unspecified atom stereocenters. The van der Waals surface area contributed by atoms with Gasteiger partial charge in [-0.2, -0.15) is 0 Å². The summed E-state index contributed by atoms with van der Waals surface area (Å²) in [5.41, 5.74) is -0.155. The van der Waals surface area contributed by atoms with Gasteiger partial charge in [-0.25, -0.2) is 13.1 Å². The van der Waals surface area contributed by atoms with Crippen LogP contribution in [0.5, 0.6) is 0 Å². The number of hydrogen-bond donors (Lipinski definition) is 1. The van der Waals surface area contributed by atoms with Crippen LogP contribution in [0.1, 0.15) is 51.9 Å². The van der Waals surface area contributed by atoms with Crippen LogP contribution in [0.15, 0.2) is 0 Å². The van der Waals surface area contributed by atoms with Crippen LogP contribution < -0.4 is 4.72 Å². The average Bonchev–Trinajstić information content (AvgIpc) is 2.17. The highest BCUT2D eigenvalue weighted by Gasteiger charge is 2.40. The molecule has 2 fully saturated rings. The van der Waals surface area contributed by atoms with Crippen LogP contribution in [-0.2, 0) is 10.0 Å². The van der Waals surface area contributed by atoms with Gasteiger partial charge in [-0.05, 0) is 38.5 Å². The molecule has 0 aromatic heterocycles. The number of sulfonamides is 1. The van der Waals surface area contributed by atoms with E-state index in [1.807, 2.05) is 0 Å². The van der Waals surface area contributed by atoms with Crippen molar-refractivity contribution in [1.82, 2.24) is 4.72 Å². The molecule has 4 heteroatoms. The van der Waals surface area contributed by atoms with Gasteiger partial charge < -0.3 is 0 Å². The minimum absolute atomic E-state index is 0.155. The van der Waals surface area contributed by atoms with Crippen molar-refractivity contribution in [1.29, 1.82) is 0 Å². The van der Waals surface area contributed by atoms with Crippen LogP contribution in [0.4, 0.5) is 0 Å². The third-order valence-corrected chi connectivity index (χ3v) is 5.61. The Morgan fingerprint density at radius 2 is 1.80 bits per heavy atom. The Morgan fingerprint density at radius 1 is 1.13 bits per heavy atom. The molecule has 0 aromatic rings. The quantitative estimate of drug-likeness (QED) is 0.750. The second-order valence-electron chi connectivity index (χ2n) is 5.28. The summed E-state index contributed by atoms with van der Waals surface area (Å²) < 4.78 is 26.1. The number of nitrogens with one attached hydrogen (secondary N) is 1. The van der Waals surface area contributed by atoms with Gasteiger partial charge in [0.1, 0.15) is 0 Å². The molecule has 1 saturated heterocycles. The fourth-order valence-electron chi connectivity index (χ4n) is 3.11. The largest absolute Gasteiger partial charge is 0.212 e. The van der Waals surface area contributed by atoms with E-state index in [9.17, 15) is 8.42 Å². The van der Waals surface area contributed by atoms with E-state index in [2.05, 4.69) is 11.6 Å². The molecule has 2 rings (SSSR count). The van der Waals surface area contributed by atoms with Crippen molar-refractivity contribution in [2.45, 2.75) is 57.4 Å². The molecule has 88 valence electrons. The summed E-state index contributed by atoms with van der Waals surface area (Å²) in [7, 11) is -2.99. The maximum atomic E-state index is 11.6. The molecule has 0 amide bonds. The third-order valence-electron chi connectivity index (χ3n) is 4.00. The van der Waals surface area contributed by atoms with Gasteiger partial charge in [-0.15, -0.1) is 0 Å². The molecule has 1 aliphatic heterocycles. The minimum atomic E-state index is -2.99. The van der Waals surface area contributed by atoms with Gasteiger partial charge in [0.2, 0.25) is 10.0 Å². The van der Waals surface area contributed by atoms with Crippen molar-refractivity contribution in [3.8, 4) is 0 Å². The van der Waals surface area contributed by atoms with Gasteiger partial charge in [0, 0.05) is 5.54 Å². The fraction of sp³-hybridized carbons (Fsp3) is 1.00. The van der Waals surface area contributed by atoms with Gasteiger partial charge in [0.25, 0.3) is 0 Å². The molecule has 1 heterocycles.